The SMILES string of the molecule is CC(C)(C)c1ncc2c(n1)c(-c1ccccc1)c(-c1ccccc1)n1c3ccccc3nc21. The Morgan fingerprint density at radius 2 is 1.33 bits per heavy atom. The van der Waals surface area contributed by atoms with E-state index in [-0.39, 0.29) is 5.41 Å². The van der Waals surface area contributed by atoms with Gasteiger partial charge in [-0.1, -0.05) is 93.6 Å². The summed E-state index contributed by atoms with van der Waals surface area (Å²) in [6, 6.07) is 29.4. The molecule has 0 N–H and O–H groups in total. The van der Waals surface area contributed by atoms with E-state index in [1.807, 2.05) is 12.3 Å². The molecule has 0 radical (unpaired) electrons. The second kappa shape index (κ2) is 7.24. The minimum atomic E-state index is -0.165. The summed E-state index contributed by atoms with van der Waals surface area (Å²) >= 11 is 0. The van der Waals surface area contributed by atoms with Crippen molar-refractivity contribution >= 4 is 27.6 Å². The van der Waals surface area contributed by atoms with Gasteiger partial charge in [-0.3, -0.25) is 4.40 Å². The summed E-state index contributed by atoms with van der Waals surface area (Å²) < 4.78 is 2.27. The fourth-order valence-electron chi connectivity index (χ4n) is 4.50. The highest BCUT2D eigenvalue weighted by atomic mass is 15.0. The van der Waals surface area contributed by atoms with Crippen LogP contribution in [-0.4, -0.2) is 19.4 Å². The van der Waals surface area contributed by atoms with Crippen LogP contribution in [0.25, 0.3) is 50.0 Å². The Balaban J connectivity index is 1.92. The van der Waals surface area contributed by atoms with Crippen LogP contribution in [0.1, 0.15) is 26.6 Å². The first-order chi connectivity index (χ1) is 16.0. The number of nitrogens with zero attached hydrogens (tertiary/aromatic N) is 4. The number of pyridine rings is 1. The number of benzene rings is 3. The van der Waals surface area contributed by atoms with Crippen LogP contribution < -0.4 is 0 Å². The molecule has 0 unspecified atom stereocenters. The molecule has 3 aromatic carbocycles. The fourth-order valence-corrected chi connectivity index (χ4v) is 4.50. The van der Waals surface area contributed by atoms with Crippen molar-refractivity contribution in [2.45, 2.75) is 26.2 Å². The Morgan fingerprint density at radius 1 is 0.697 bits per heavy atom. The number of rotatable bonds is 2. The smallest absolute Gasteiger partial charge is 0.149 e. The molecule has 0 fully saturated rings. The monoisotopic (exact) mass is 428 g/mol. The van der Waals surface area contributed by atoms with Crippen LogP contribution in [-0.2, 0) is 5.41 Å². The molecule has 4 nitrogen and oxygen atoms in total. The highest BCUT2D eigenvalue weighted by Crippen LogP contribution is 2.41. The molecule has 0 aliphatic carbocycles. The molecule has 6 aromatic rings. The van der Waals surface area contributed by atoms with E-state index in [9.17, 15) is 0 Å². The van der Waals surface area contributed by atoms with Crippen molar-refractivity contribution in [3.63, 3.8) is 0 Å². The predicted octanol–water partition coefficient (Wildman–Crippen LogP) is 7.06. The van der Waals surface area contributed by atoms with Crippen LogP contribution in [0.4, 0.5) is 0 Å². The van der Waals surface area contributed by atoms with E-state index in [1.54, 1.807) is 0 Å². The molecule has 3 heterocycles. The van der Waals surface area contributed by atoms with Gasteiger partial charge in [0.2, 0.25) is 0 Å². The van der Waals surface area contributed by atoms with Gasteiger partial charge < -0.3 is 0 Å². The third kappa shape index (κ3) is 3.10. The van der Waals surface area contributed by atoms with Crippen molar-refractivity contribution in [1.82, 2.24) is 19.4 Å². The minimum Gasteiger partial charge on any atom is -0.291 e. The molecule has 0 saturated heterocycles. The normalized spacial score (nSPS) is 12.1. The van der Waals surface area contributed by atoms with E-state index < -0.39 is 0 Å². The second-order valence-corrected chi connectivity index (χ2v) is 9.42. The maximum absolute atomic E-state index is 5.16. The molecule has 0 aliphatic heterocycles. The van der Waals surface area contributed by atoms with Crippen molar-refractivity contribution in [2.24, 2.45) is 0 Å². The second-order valence-electron chi connectivity index (χ2n) is 9.42. The van der Waals surface area contributed by atoms with Gasteiger partial charge in [0.15, 0.2) is 0 Å². The number of fused-ring (bicyclic) bond motifs is 5. The molecule has 0 atom stereocenters. The summed E-state index contributed by atoms with van der Waals surface area (Å²) in [4.78, 5) is 15.0. The quantitative estimate of drug-likeness (QED) is 0.296. The number of imidazole rings is 1. The third-order valence-corrected chi connectivity index (χ3v) is 6.07. The molecule has 33 heavy (non-hydrogen) atoms. The third-order valence-electron chi connectivity index (χ3n) is 6.07. The lowest BCUT2D eigenvalue weighted by atomic mass is 9.94. The lowest BCUT2D eigenvalue weighted by Gasteiger charge is -2.20. The maximum Gasteiger partial charge on any atom is 0.149 e. The van der Waals surface area contributed by atoms with Gasteiger partial charge in [0.25, 0.3) is 0 Å². The minimum absolute atomic E-state index is 0.165. The molecular formula is C29H24N4. The van der Waals surface area contributed by atoms with Crippen LogP contribution in [0.2, 0.25) is 0 Å². The number of hydrogen-bond acceptors (Lipinski definition) is 3. The van der Waals surface area contributed by atoms with Gasteiger partial charge in [0, 0.05) is 17.2 Å². The Hall–Kier alpha value is -4.05. The first kappa shape index (κ1) is 19.6. The zero-order chi connectivity index (χ0) is 22.6. The van der Waals surface area contributed by atoms with Gasteiger partial charge in [-0.05, 0) is 23.3 Å². The van der Waals surface area contributed by atoms with Crippen molar-refractivity contribution in [3.8, 4) is 22.4 Å². The molecule has 0 amide bonds. The summed E-state index contributed by atoms with van der Waals surface area (Å²) in [5, 5.41) is 0.956. The Bertz CT molecular complexity index is 1630. The van der Waals surface area contributed by atoms with Crippen molar-refractivity contribution < 1.29 is 0 Å². The molecule has 3 aromatic heterocycles. The summed E-state index contributed by atoms with van der Waals surface area (Å²) in [6.45, 7) is 6.45. The number of aromatic nitrogens is 4. The average molecular weight is 429 g/mol. The first-order valence-corrected chi connectivity index (χ1v) is 11.2. The molecule has 0 spiro atoms. The van der Waals surface area contributed by atoms with Crippen molar-refractivity contribution in [1.29, 1.82) is 0 Å². The Morgan fingerprint density at radius 3 is 2.03 bits per heavy atom. The van der Waals surface area contributed by atoms with Gasteiger partial charge in [0.1, 0.15) is 11.5 Å². The number of hydrogen-bond donors (Lipinski definition) is 0. The number of para-hydroxylation sites is 2. The van der Waals surface area contributed by atoms with E-state index in [1.165, 1.54) is 0 Å². The Labute approximate surface area is 192 Å². The van der Waals surface area contributed by atoms with Crippen molar-refractivity contribution in [2.75, 3.05) is 0 Å². The van der Waals surface area contributed by atoms with E-state index in [2.05, 4.69) is 104 Å². The summed E-state index contributed by atoms with van der Waals surface area (Å²) in [5.41, 5.74) is 8.12. The van der Waals surface area contributed by atoms with E-state index >= 15 is 0 Å². The standard InChI is InChI=1S/C29H24N4/c1-29(2,3)28-30-18-21-25(32-28)24(19-12-6-4-7-13-19)26(20-14-8-5-9-15-20)33-23-17-11-10-16-22(23)31-27(21)33/h4-18H,1-3H3. The van der Waals surface area contributed by atoms with E-state index in [0.717, 1.165) is 55.8 Å². The molecule has 4 heteroatoms. The van der Waals surface area contributed by atoms with Gasteiger partial charge in [0.05, 0.1) is 27.6 Å². The maximum atomic E-state index is 5.16. The average Bonchev–Trinajstić information content (AvgIpc) is 3.23. The Kier molecular flexibility index (Phi) is 4.31. The molecular weight excluding hydrogens is 404 g/mol. The zero-order valence-electron chi connectivity index (χ0n) is 18.9. The van der Waals surface area contributed by atoms with Gasteiger partial charge in [-0.2, -0.15) is 0 Å². The van der Waals surface area contributed by atoms with Crippen LogP contribution in [0.15, 0.2) is 91.1 Å². The van der Waals surface area contributed by atoms with E-state index in [0.29, 0.717) is 0 Å². The van der Waals surface area contributed by atoms with Crippen LogP contribution in [0.5, 0.6) is 0 Å². The lowest BCUT2D eigenvalue weighted by molar-refractivity contribution is 0.548. The van der Waals surface area contributed by atoms with Crippen LogP contribution in [0.3, 0.4) is 0 Å². The van der Waals surface area contributed by atoms with Gasteiger partial charge in [-0.25, -0.2) is 15.0 Å². The van der Waals surface area contributed by atoms with Crippen molar-refractivity contribution in [3.05, 3.63) is 97.0 Å². The van der Waals surface area contributed by atoms with Gasteiger partial charge >= 0.3 is 0 Å². The summed E-state index contributed by atoms with van der Waals surface area (Å²) in [7, 11) is 0. The fraction of sp³-hybridized carbons (Fsp3) is 0.138. The highest BCUT2D eigenvalue weighted by molar-refractivity contribution is 6.08. The molecule has 0 saturated carbocycles. The highest BCUT2D eigenvalue weighted by Gasteiger charge is 2.24. The zero-order valence-corrected chi connectivity index (χ0v) is 18.9. The largest absolute Gasteiger partial charge is 0.291 e. The lowest BCUT2D eigenvalue weighted by Crippen LogP contribution is -2.16. The van der Waals surface area contributed by atoms with Crippen LogP contribution in [0, 0.1) is 0 Å². The predicted molar refractivity (Wildman–Crippen MR) is 135 cm³/mol. The topological polar surface area (TPSA) is 43.1 Å². The summed E-state index contributed by atoms with van der Waals surface area (Å²) in [5.74, 6) is 0.826. The molecule has 6 rings (SSSR count). The first-order valence-electron chi connectivity index (χ1n) is 11.2. The summed E-state index contributed by atoms with van der Waals surface area (Å²) in [6.07, 6.45) is 1.95. The van der Waals surface area contributed by atoms with Crippen LogP contribution >= 0.6 is 0 Å². The molecule has 160 valence electrons. The molecule has 0 bridgehead atoms. The van der Waals surface area contributed by atoms with Gasteiger partial charge in [-0.15, -0.1) is 0 Å². The molecule has 0 aliphatic rings. The van der Waals surface area contributed by atoms with E-state index in [4.69, 9.17) is 15.0 Å².